The predicted molar refractivity (Wildman–Crippen MR) is 257 cm³/mol. The van der Waals surface area contributed by atoms with Gasteiger partial charge < -0.3 is 15.5 Å². The van der Waals surface area contributed by atoms with Gasteiger partial charge in [0.05, 0.1) is 18.8 Å². The van der Waals surface area contributed by atoms with E-state index in [9.17, 15) is 15.0 Å². The molecule has 0 saturated carbocycles. The van der Waals surface area contributed by atoms with Crippen LogP contribution >= 0.6 is 0 Å². The summed E-state index contributed by atoms with van der Waals surface area (Å²) >= 11 is 0. The molecule has 0 radical (unpaired) electrons. The van der Waals surface area contributed by atoms with Crippen LogP contribution in [0, 0.1) is 0 Å². The monoisotopic (exact) mass is 802 g/mol. The van der Waals surface area contributed by atoms with Crippen molar-refractivity contribution in [1.82, 2.24) is 5.32 Å². The molecule has 0 rings (SSSR count). The van der Waals surface area contributed by atoms with Crippen molar-refractivity contribution in [1.29, 1.82) is 0 Å². The highest BCUT2D eigenvalue weighted by atomic mass is 16.3. The smallest absolute Gasteiger partial charge is 0.220 e. The molecule has 0 fully saturated rings. The summed E-state index contributed by atoms with van der Waals surface area (Å²) in [5.41, 5.74) is 0. The van der Waals surface area contributed by atoms with Crippen LogP contribution in [0.25, 0.3) is 0 Å². The zero-order chi connectivity index (χ0) is 42.1. The maximum Gasteiger partial charge on any atom is 0.220 e. The molecule has 0 aromatic rings. The summed E-state index contributed by atoms with van der Waals surface area (Å²) in [7, 11) is 0. The third-order valence-corrected chi connectivity index (χ3v) is 10.2. The fraction of sp³-hybridized carbons (Fsp3) is 0.648. The molecule has 0 aliphatic heterocycles. The van der Waals surface area contributed by atoms with E-state index in [1.54, 1.807) is 6.08 Å². The Kier molecular flexibility index (Phi) is 46.0. The van der Waals surface area contributed by atoms with E-state index in [1.807, 2.05) is 6.08 Å². The summed E-state index contributed by atoms with van der Waals surface area (Å²) in [5.74, 6) is -0.0901. The highest BCUT2D eigenvalue weighted by molar-refractivity contribution is 5.76. The van der Waals surface area contributed by atoms with E-state index in [2.05, 4.69) is 116 Å². The number of amides is 1. The molecule has 0 heterocycles. The lowest BCUT2D eigenvalue weighted by molar-refractivity contribution is -0.123. The molecular weight excluding hydrogens is 711 g/mol. The first-order valence-electron chi connectivity index (χ1n) is 24.1. The molecule has 3 N–H and O–H groups in total. The number of unbranched alkanes of at least 4 members (excludes halogenated alkanes) is 19. The number of carbonyl (C=O) groups is 1. The second kappa shape index (κ2) is 48.4. The Morgan fingerprint density at radius 3 is 1.21 bits per heavy atom. The van der Waals surface area contributed by atoms with E-state index in [4.69, 9.17) is 0 Å². The first kappa shape index (κ1) is 55.0. The van der Waals surface area contributed by atoms with Crippen molar-refractivity contribution in [2.75, 3.05) is 6.61 Å². The van der Waals surface area contributed by atoms with Crippen LogP contribution in [0.3, 0.4) is 0 Å². The second-order valence-corrected chi connectivity index (χ2v) is 15.8. The van der Waals surface area contributed by atoms with Gasteiger partial charge in [0.1, 0.15) is 0 Å². The van der Waals surface area contributed by atoms with Gasteiger partial charge in [0.2, 0.25) is 5.91 Å². The van der Waals surface area contributed by atoms with Gasteiger partial charge >= 0.3 is 0 Å². The quantitative estimate of drug-likeness (QED) is 0.0425. The summed E-state index contributed by atoms with van der Waals surface area (Å²) in [6, 6.07) is -0.653. The molecule has 0 spiro atoms. The minimum Gasteiger partial charge on any atom is -0.394 e. The molecule has 2 unspecified atom stereocenters. The Labute approximate surface area is 359 Å². The second-order valence-electron chi connectivity index (χ2n) is 15.8. The van der Waals surface area contributed by atoms with Crippen molar-refractivity contribution >= 4 is 5.91 Å². The van der Waals surface area contributed by atoms with Crippen LogP contribution in [0.15, 0.2) is 109 Å². The van der Waals surface area contributed by atoms with E-state index in [0.717, 1.165) is 89.9 Å². The van der Waals surface area contributed by atoms with Crippen LogP contribution in [0.1, 0.15) is 206 Å². The molecule has 1 amide bonds. The van der Waals surface area contributed by atoms with Gasteiger partial charge in [-0.05, 0) is 89.9 Å². The van der Waals surface area contributed by atoms with Crippen molar-refractivity contribution in [3.63, 3.8) is 0 Å². The number of hydrogen-bond donors (Lipinski definition) is 3. The molecule has 4 heteroatoms. The molecule has 2 atom stereocenters. The Morgan fingerprint density at radius 1 is 0.431 bits per heavy atom. The molecular formula is C54H91NO3. The molecule has 330 valence electrons. The molecule has 4 nitrogen and oxygen atoms in total. The highest BCUT2D eigenvalue weighted by Crippen LogP contribution is 2.13. The van der Waals surface area contributed by atoms with E-state index >= 15 is 0 Å². The van der Waals surface area contributed by atoms with Crippen molar-refractivity contribution in [3.8, 4) is 0 Å². The van der Waals surface area contributed by atoms with E-state index in [0.29, 0.717) is 6.42 Å². The van der Waals surface area contributed by atoms with Crippen molar-refractivity contribution in [2.24, 2.45) is 0 Å². The molecule has 0 aromatic heterocycles. The minimum atomic E-state index is -0.874. The molecule has 58 heavy (non-hydrogen) atoms. The van der Waals surface area contributed by atoms with Crippen LogP contribution in [0.5, 0.6) is 0 Å². The molecule has 0 aromatic carbocycles. The first-order chi connectivity index (χ1) is 28.7. The zero-order valence-corrected chi connectivity index (χ0v) is 37.8. The first-order valence-corrected chi connectivity index (χ1v) is 24.1. The van der Waals surface area contributed by atoms with Gasteiger partial charge in [0.25, 0.3) is 0 Å². The lowest BCUT2D eigenvalue weighted by atomic mass is 10.1. The van der Waals surface area contributed by atoms with Gasteiger partial charge in [-0.3, -0.25) is 4.79 Å². The summed E-state index contributed by atoms with van der Waals surface area (Å²) in [4.78, 5) is 12.4. The SMILES string of the molecule is CC/C=C\C/C=C\C/C=C\C/C=C\C/C=C\C/C=C\C/C=C\CCCCCCCCCC(=O)NC(CO)C(O)/C=C/CC/C=C/CCCCCCCCCCCCC. The Bertz CT molecular complexity index is 1140. The molecule has 0 aliphatic rings. The number of nitrogens with one attached hydrogen (secondary N) is 1. The normalized spacial score (nSPS) is 13.9. The highest BCUT2D eigenvalue weighted by Gasteiger charge is 2.17. The maximum absolute atomic E-state index is 12.4. The summed E-state index contributed by atoms with van der Waals surface area (Å²) in [6.07, 6.45) is 73.5. The zero-order valence-electron chi connectivity index (χ0n) is 37.8. The third-order valence-electron chi connectivity index (χ3n) is 10.2. The minimum absolute atomic E-state index is 0.0901. The summed E-state index contributed by atoms with van der Waals surface area (Å²) < 4.78 is 0. The van der Waals surface area contributed by atoms with E-state index < -0.39 is 12.1 Å². The van der Waals surface area contributed by atoms with Crippen LogP contribution in [0.4, 0.5) is 0 Å². The van der Waals surface area contributed by atoms with Gasteiger partial charge in [-0.1, -0.05) is 220 Å². The van der Waals surface area contributed by atoms with E-state index in [1.165, 1.54) is 96.3 Å². The average molecular weight is 802 g/mol. The van der Waals surface area contributed by atoms with Gasteiger partial charge in [-0.15, -0.1) is 0 Å². The van der Waals surface area contributed by atoms with Gasteiger partial charge in [0, 0.05) is 6.42 Å². The fourth-order valence-corrected chi connectivity index (χ4v) is 6.58. The molecule has 0 saturated heterocycles. The number of aliphatic hydroxyl groups is 2. The van der Waals surface area contributed by atoms with Crippen molar-refractivity contribution in [2.45, 2.75) is 219 Å². The topological polar surface area (TPSA) is 69.6 Å². The Morgan fingerprint density at radius 2 is 0.776 bits per heavy atom. The Balaban J connectivity index is 3.68. The van der Waals surface area contributed by atoms with Gasteiger partial charge in [-0.2, -0.15) is 0 Å². The largest absolute Gasteiger partial charge is 0.394 e. The third kappa shape index (κ3) is 44.2. The van der Waals surface area contributed by atoms with Gasteiger partial charge in [-0.25, -0.2) is 0 Å². The predicted octanol–water partition coefficient (Wildman–Crippen LogP) is 15.6. The lowest BCUT2D eigenvalue weighted by Crippen LogP contribution is -2.45. The lowest BCUT2D eigenvalue weighted by Gasteiger charge is -2.19. The number of allylic oxidation sites excluding steroid dienone is 17. The summed E-state index contributed by atoms with van der Waals surface area (Å²) in [5, 5.41) is 23.0. The van der Waals surface area contributed by atoms with Crippen molar-refractivity contribution < 1.29 is 15.0 Å². The molecule has 0 aliphatic carbocycles. The van der Waals surface area contributed by atoms with Crippen LogP contribution in [-0.4, -0.2) is 34.9 Å². The van der Waals surface area contributed by atoms with Crippen LogP contribution < -0.4 is 5.32 Å². The van der Waals surface area contributed by atoms with Crippen LogP contribution in [0.2, 0.25) is 0 Å². The fourth-order valence-electron chi connectivity index (χ4n) is 6.58. The number of aliphatic hydroxyl groups excluding tert-OH is 2. The van der Waals surface area contributed by atoms with E-state index in [-0.39, 0.29) is 12.5 Å². The van der Waals surface area contributed by atoms with Crippen LogP contribution in [-0.2, 0) is 4.79 Å². The Hall–Kier alpha value is -2.95. The number of carbonyl (C=O) groups excluding carboxylic acids is 1. The number of rotatable bonds is 42. The average Bonchev–Trinajstić information content (AvgIpc) is 3.23. The summed E-state index contributed by atoms with van der Waals surface area (Å²) in [6.45, 7) is 4.17. The maximum atomic E-state index is 12.4. The molecule has 0 bridgehead atoms. The van der Waals surface area contributed by atoms with Crippen molar-refractivity contribution in [3.05, 3.63) is 109 Å². The standard InChI is InChI=1S/C54H91NO3/c1-3-5-7-9-11-13-15-17-19-21-22-23-24-25-26-27-28-29-30-31-32-34-36-38-40-42-44-46-48-50-54(58)55-52(51-56)53(57)49-47-45-43-41-39-37-35-33-20-18-16-14-12-10-8-6-4-2/h5,7,11,13,17,19,22-23,25-26,28-29,31-32,39,41,47,49,52-53,56-57H,3-4,6,8-10,12,14-16,18,20-21,24,27,30,33-38,40,42-46,48,50-51H2,1-2H3,(H,55,58)/b7-5-,13-11-,19-17-,23-22-,26-25-,29-28-,32-31-,41-39+,49-47+. The number of hydrogen-bond acceptors (Lipinski definition) is 3. The van der Waals surface area contributed by atoms with Gasteiger partial charge in [0.15, 0.2) is 0 Å².